The van der Waals surface area contributed by atoms with Crippen LogP contribution >= 0.6 is 0 Å². The van der Waals surface area contributed by atoms with Crippen LogP contribution in [0.3, 0.4) is 0 Å². The number of guanidine groups is 1. The molecule has 1 rings (SSSR count). The number of ether oxygens (including phenoxy) is 1. The molecule has 2 N–H and O–H groups in total. The molecule has 0 aromatic carbocycles. The first kappa shape index (κ1) is 20.5. The van der Waals surface area contributed by atoms with Gasteiger partial charge in [0.05, 0.1) is 11.8 Å². The van der Waals surface area contributed by atoms with Crippen LogP contribution in [-0.2, 0) is 18.2 Å². The van der Waals surface area contributed by atoms with Crippen molar-refractivity contribution >= 4 is 5.96 Å². The Labute approximate surface area is 147 Å². The van der Waals surface area contributed by atoms with E-state index in [2.05, 4.69) is 62.3 Å². The summed E-state index contributed by atoms with van der Waals surface area (Å²) >= 11 is 0. The molecule has 6 nitrogen and oxygen atoms in total. The zero-order chi connectivity index (χ0) is 18.5. The van der Waals surface area contributed by atoms with Crippen molar-refractivity contribution < 1.29 is 4.74 Å². The summed E-state index contributed by atoms with van der Waals surface area (Å²) in [6.07, 6.45) is 1.04. The van der Waals surface area contributed by atoms with Gasteiger partial charge in [-0.3, -0.25) is 9.67 Å². The van der Waals surface area contributed by atoms with E-state index in [1.54, 1.807) is 14.2 Å². The van der Waals surface area contributed by atoms with Gasteiger partial charge in [-0.05, 0) is 38.2 Å². The average molecular weight is 338 g/mol. The van der Waals surface area contributed by atoms with Gasteiger partial charge >= 0.3 is 0 Å². The van der Waals surface area contributed by atoms with Crippen LogP contribution in [0.15, 0.2) is 4.99 Å². The number of methoxy groups -OCH3 is 1. The fourth-order valence-electron chi connectivity index (χ4n) is 2.83. The number of aryl methyl sites for hydroxylation is 2. The molecule has 0 fully saturated rings. The summed E-state index contributed by atoms with van der Waals surface area (Å²) in [4.78, 5) is 4.33. The van der Waals surface area contributed by atoms with Crippen LogP contribution in [-0.4, -0.2) is 48.6 Å². The lowest BCUT2D eigenvalue weighted by Crippen LogP contribution is -2.48. The number of hydrogen-bond acceptors (Lipinski definition) is 3. The smallest absolute Gasteiger partial charge is 0.191 e. The normalized spacial score (nSPS) is 15.3. The molecule has 2 atom stereocenters. The van der Waals surface area contributed by atoms with E-state index in [1.165, 1.54) is 11.3 Å². The first-order valence-electron chi connectivity index (χ1n) is 8.59. The van der Waals surface area contributed by atoms with E-state index >= 15 is 0 Å². The topological polar surface area (TPSA) is 63.5 Å². The third-order valence-electron chi connectivity index (χ3n) is 4.48. The predicted molar refractivity (Wildman–Crippen MR) is 101 cm³/mol. The maximum absolute atomic E-state index is 5.59. The van der Waals surface area contributed by atoms with Crippen molar-refractivity contribution in [3.63, 3.8) is 0 Å². The molecule has 0 aliphatic carbocycles. The van der Waals surface area contributed by atoms with E-state index in [4.69, 9.17) is 4.74 Å². The molecule has 0 bridgehead atoms. The minimum atomic E-state index is 0.0795. The molecule has 1 aromatic heterocycles. The summed E-state index contributed by atoms with van der Waals surface area (Å²) in [6, 6.07) is 0.258. The lowest BCUT2D eigenvalue weighted by molar-refractivity contribution is 0.0205. The first-order chi connectivity index (χ1) is 11.1. The fourth-order valence-corrected chi connectivity index (χ4v) is 2.83. The molecule has 0 saturated heterocycles. The molecular formula is C18H35N5O. The van der Waals surface area contributed by atoms with Crippen molar-refractivity contribution in [2.45, 2.75) is 60.1 Å². The van der Waals surface area contributed by atoms with Crippen molar-refractivity contribution in [3.05, 3.63) is 17.0 Å². The second-order valence-corrected chi connectivity index (χ2v) is 7.57. The number of aliphatic imine (C=N–C) groups is 1. The van der Waals surface area contributed by atoms with Crippen LogP contribution in [0.2, 0.25) is 0 Å². The van der Waals surface area contributed by atoms with Crippen molar-refractivity contribution in [2.75, 3.05) is 20.7 Å². The van der Waals surface area contributed by atoms with E-state index in [0.29, 0.717) is 0 Å². The Balaban J connectivity index is 2.62. The van der Waals surface area contributed by atoms with Gasteiger partial charge in [0.15, 0.2) is 5.96 Å². The van der Waals surface area contributed by atoms with Crippen molar-refractivity contribution in [1.82, 2.24) is 20.4 Å². The minimum Gasteiger partial charge on any atom is -0.379 e. The highest BCUT2D eigenvalue weighted by Crippen LogP contribution is 2.21. The van der Waals surface area contributed by atoms with Gasteiger partial charge in [0.2, 0.25) is 0 Å². The Morgan fingerprint density at radius 3 is 2.38 bits per heavy atom. The van der Waals surface area contributed by atoms with Gasteiger partial charge < -0.3 is 15.4 Å². The molecule has 2 unspecified atom stereocenters. The van der Waals surface area contributed by atoms with Gasteiger partial charge in [0.1, 0.15) is 0 Å². The molecule has 0 aliphatic heterocycles. The molecular weight excluding hydrogens is 302 g/mol. The van der Waals surface area contributed by atoms with Crippen molar-refractivity contribution in [2.24, 2.45) is 17.5 Å². The van der Waals surface area contributed by atoms with Crippen molar-refractivity contribution in [1.29, 1.82) is 0 Å². The molecule has 24 heavy (non-hydrogen) atoms. The monoisotopic (exact) mass is 337 g/mol. The van der Waals surface area contributed by atoms with Crippen molar-refractivity contribution in [3.8, 4) is 0 Å². The molecule has 1 aromatic rings. The second kappa shape index (κ2) is 8.51. The van der Waals surface area contributed by atoms with Crippen LogP contribution in [0.5, 0.6) is 0 Å². The molecule has 0 saturated carbocycles. The Hall–Kier alpha value is -1.56. The number of aromatic nitrogens is 2. The molecule has 6 heteroatoms. The number of nitrogens with zero attached hydrogens (tertiary/aromatic N) is 3. The average Bonchev–Trinajstić information content (AvgIpc) is 2.71. The Morgan fingerprint density at radius 1 is 1.33 bits per heavy atom. The summed E-state index contributed by atoms with van der Waals surface area (Å²) in [5.41, 5.74) is 3.70. The summed E-state index contributed by atoms with van der Waals surface area (Å²) in [5, 5.41) is 11.3. The third kappa shape index (κ3) is 5.51. The molecule has 0 radical (unpaired) electrons. The summed E-state index contributed by atoms with van der Waals surface area (Å²) in [6.45, 7) is 13.6. The van der Waals surface area contributed by atoms with Crippen LogP contribution in [0.1, 0.15) is 44.6 Å². The lowest BCUT2D eigenvalue weighted by Gasteiger charge is -2.30. The van der Waals surface area contributed by atoms with Gasteiger partial charge in [0.25, 0.3) is 0 Å². The largest absolute Gasteiger partial charge is 0.379 e. The van der Waals surface area contributed by atoms with Gasteiger partial charge in [-0.15, -0.1) is 0 Å². The number of rotatable bonds is 6. The molecule has 138 valence electrons. The zero-order valence-corrected chi connectivity index (χ0v) is 16.8. The second-order valence-electron chi connectivity index (χ2n) is 7.57. The number of hydrogen-bond donors (Lipinski definition) is 2. The quantitative estimate of drug-likeness (QED) is 0.617. The fraction of sp³-hybridized carbons (Fsp3) is 0.778. The van der Waals surface area contributed by atoms with Crippen LogP contribution in [0, 0.1) is 19.3 Å². The molecule has 0 aliphatic rings. The van der Waals surface area contributed by atoms with E-state index in [1.807, 2.05) is 11.7 Å². The van der Waals surface area contributed by atoms with Crippen LogP contribution < -0.4 is 10.6 Å². The summed E-state index contributed by atoms with van der Waals surface area (Å²) < 4.78 is 7.53. The Bertz CT molecular complexity index is 556. The molecule has 0 spiro atoms. The minimum absolute atomic E-state index is 0.0795. The molecule has 0 amide bonds. The summed E-state index contributed by atoms with van der Waals surface area (Å²) in [5.74, 6) is 0.799. The standard InChI is InChI=1S/C18H35N5O/c1-12(10-15-13(2)22-23(8)14(15)3)21-17(19-7)20-11-16(24-9)18(4,5)6/h12,16H,10-11H2,1-9H3,(H2,19,20,21). The number of nitrogens with one attached hydrogen (secondary N) is 2. The SMILES string of the molecule is CN=C(NCC(OC)C(C)(C)C)NC(C)Cc1c(C)nn(C)c1C. The summed E-state index contributed by atoms with van der Waals surface area (Å²) in [7, 11) is 5.54. The van der Waals surface area contributed by atoms with E-state index in [9.17, 15) is 0 Å². The first-order valence-corrected chi connectivity index (χ1v) is 8.59. The highest BCUT2D eigenvalue weighted by Gasteiger charge is 2.24. The Kier molecular flexibility index (Phi) is 7.27. The van der Waals surface area contributed by atoms with E-state index < -0.39 is 0 Å². The zero-order valence-electron chi connectivity index (χ0n) is 16.8. The predicted octanol–water partition coefficient (Wildman–Crippen LogP) is 2.19. The molecule has 1 heterocycles. The van der Waals surface area contributed by atoms with Crippen LogP contribution in [0.4, 0.5) is 0 Å². The highest BCUT2D eigenvalue weighted by molar-refractivity contribution is 5.80. The van der Waals surface area contributed by atoms with Gasteiger partial charge in [-0.25, -0.2) is 0 Å². The lowest BCUT2D eigenvalue weighted by atomic mass is 9.89. The van der Waals surface area contributed by atoms with E-state index in [0.717, 1.165) is 24.6 Å². The van der Waals surface area contributed by atoms with Gasteiger partial charge in [-0.1, -0.05) is 20.8 Å². The van der Waals surface area contributed by atoms with Gasteiger partial charge in [0, 0.05) is 39.5 Å². The highest BCUT2D eigenvalue weighted by atomic mass is 16.5. The third-order valence-corrected chi connectivity index (χ3v) is 4.48. The maximum Gasteiger partial charge on any atom is 0.191 e. The van der Waals surface area contributed by atoms with Crippen LogP contribution in [0.25, 0.3) is 0 Å². The Morgan fingerprint density at radius 2 is 1.96 bits per heavy atom. The maximum atomic E-state index is 5.59. The van der Waals surface area contributed by atoms with Gasteiger partial charge in [-0.2, -0.15) is 5.10 Å². The van der Waals surface area contributed by atoms with E-state index in [-0.39, 0.29) is 17.6 Å².